The van der Waals surface area contributed by atoms with Crippen molar-refractivity contribution < 1.29 is 14.6 Å². The second-order valence-electron chi connectivity index (χ2n) is 3.71. The van der Waals surface area contributed by atoms with Gasteiger partial charge in [0, 0.05) is 6.54 Å². The minimum Gasteiger partial charge on any atom is -0.454 e. The third-order valence-electron chi connectivity index (χ3n) is 2.67. The topological polar surface area (TPSA) is 63.1 Å². The van der Waals surface area contributed by atoms with Crippen LogP contribution in [0, 0.1) is 0 Å². The lowest BCUT2D eigenvalue weighted by Crippen LogP contribution is -2.25. The molecule has 16 heavy (non-hydrogen) atoms. The van der Waals surface area contributed by atoms with E-state index in [4.69, 9.17) is 9.47 Å². The number of aliphatic hydroxyl groups excluding tert-OH is 1. The zero-order valence-electron chi connectivity index (χ0n) is 8.64. The first-order valence-electron chi connectivity index (χ1n) is 5.20. The highest BCUT2D eigenvalue weighted by Gasteiger charge is 2.21. The largest absolute Gasteiger partial charge is 0.454 e. The number of aliphatic imine (C=N–C) groups is 1. The van der Waals surface area contributed by atoms with E-state index in [-0.39, 0.29) is 6.79 Å². The number of hydrogen-bond acceptors (Lipinski definition) is 5. The second kappa shape index (κ2) is 3.68. The third kappa shape index (κ3) is 1.49. The van der Waals surface area contributed by atoms with Crippen LogP contribution in [0.5, 0.6) is 11.5 Å². The summed E-state index contributed by atoms with van der Waals surface area (Å²) in [6.45, 7) is 1.75. The fraction of sp³-hybridized carbons (Fsp3) is 0.364. The normalized spacial score (nSPS) is 19.2. The highest BCUT2D eigenvalue weighted by Crippen LogP contribution is 2.34. The Hall–Kier alpha value is -1.75. The molecule has 0 spiro atoms. The molecule has 5 nitrogen and oxygen atoms in total. The van der Waals surface area contributed by atoms with Gasteiger partial charge in [0.2, 0.25) is 6.79 Å². The molecule has 0 aliphatic carbocycles. The Morgan fingerprint density at radius 1 is 1.31 bits per heavy atom. The lowest BCUT2D eigenvalue weighted by molar-refractivity contribution is 0.173. The molecule has 0 fully saturated rings. The Bertz CT molecular complexity index is 445. The summed E-state index contributed by atoms with van der Waals surface area (Å²) >= 11 is 0. The van der Waals surface area contributed by atoms with Gasteiger partial charge in [-0.3, -0.25) is 4.99 Å². The van der Waals surface area contributed by atoms with Crippen LogP contribution in [0.15, 0.2) is 23.2 Å². The monoisotopic (exact) mass is 220 g/mol. The molecule has 2 heterocycles. The van der Waals surface area contributed by atoms with Gasteiger partial charge in [0.25, 0.3) is 0 Å². The summed E-state index contributed by atoms with van der Waals surface area (Å²) in [7, 11) is 0. The highest BCUT2D eigenvalue weighted by molar-refractivity contribution is 5.88. The Morgan fingerprint density at radius 2 is 2.19 bits per heavy atom. The molecule has 0 saturated heterocycles. The van der Waals surface area contributed by atoms with E-state index in [0.29, 0.717) is 11.6 Å². The van der Waals surface area contributed by atoms with Crippen LogP contribution in [0.4, 0.5) is 0 Å². The van der Waals surface area contributed by atoms with Gasteiger partial charge >= 0.3 is 0 Å². The van der Waals surface area contributed by atoms with Crippen molar-refractivity contribution >= 4 is 5.84 Å². The van der Waals surface area contributed by atoms with Crippen LogP contribution in [0.3, 0.4) is 0 Å². The molecule has 0 amide bonds. The van der Waals surface area contributed by atoms with Crippen LogP contribution in [-0.2, 0) is 0 Å². The molecule has 0 radical (unpaired) electrons. The second-order valence-corrected chi connectivity index (χ2v) is 3.71. The molecule has 1 unspecified atom stereocenters. The van der Waals surface area contributed by atoms with Gasteiger partial charge in [0.05, 0.1) is 6.54 Å². The van der Waals surface area contributed by atoms with Crippen LogP contribution in [-0.4, -0.2) is 30.8 Å². The van der Waals surface area contributed by atoms with Crippen molar-refractivity contribution in [3.05, 3.63) is 23.8 Å². The molecular formula is C11H12N2O3. The maximum Gasteiger partial charge on any atom is 0.231 e. The van der Waals surface area contributed by atoms with Crippen LogP contribution >= 0.6 is 0 Å². The lowest BCUT2D eigenvalue weighted by atomic mass is 10.1. The van der Waals surface area contributed by atoms with Crippen molar-refractivity contribution in [2.24, 2.45) is 4.99 Å². The predicted octanol–water partition coefficient (Wildman–Crippen LogP) is 0.450. The molecule has 1 aromatic carbocycles. The van der Waals surface area contributed by atoms with Gasteiger partial charge < -0.3 is 19.9 Å². The predicted molar refractivity (Wildman–Crippen MR) is 57.8 cm³/mol. The average Bonchev–Trinajstić information content (AvgIpc) is 2.98. The maximum absolute atomic E-state index is 10.1. The number of hydrogen-bond donors (Lipinski definition) is 2. The van der Waals surface area contributed by atoms with E-state index < -0.39 is 6.10 Å². The molecule has 2 aliphatic rings. The van der Waals surface area contributed by atoms with E-state index >= 15 is 0 Å². The van der Waals surface area contributed by atoms with Crippen LogP contribution in [0.1, 0.15) is 11.7 Å². The number of aliphatic hydroxyl groups is 1. The molecule has 0 aromatic heterocycles. The van der Waals surface area contributed by atoms with Gasteiger partial charge in [0.1, 0.15) is 11.9 Å². The average molecular weight is 220 g/mol. The number of ether oxygens (including phenoxy) is 2. The van der Waals surface area contributed by atoms with Gasteiger partial charge in [0.15, 0.2) is 11.5 Å². The van der Waals surface area contributed by atoms with E-state index in [2.05, 4.69) is 10.3 Å². The van der Waals surface area contributed by atoms with Gasteiger partial charge in [-0.25, -0.2) is 0 Å². The molecule has 1 atom stereocenters. The van der Waals surface area contributed by atoms with Crippen molar-refractivity contribution in [1.82, 2.24) is 5.32 Å². The molecular weight excluding hydrogens is 208 g/mol. The number of nitrogens with one attached hydrogen (secondary N) is 1. The van der Waals surface area contributed by atoms with Crippen LogP contribution in [0.25, 0.3) is 0 Å². The van der Waals surface area contributed by atoms with Gasteiger partial charge in [-0.15, -0.1) is 0 Å². The van der Waals surface area contributed by atoms with E-state index in [1.54, 1.807) is 12.1 Å². The Kier molecular flexibility index (Phi) is 2.18. The summed E-state index contributed by atoms with van der Waals surface area (Å²) < 4.78 is 10.5. The first kappa shape index (κ1) is 9.47. The summed E-state index contributed by atoms with van der Waals surface area (Å²) in [6, 6.07) is 5.41. The van der Waals surface area contributed by atoms with Crippen LogP contribution in [0.2, 0.25) is 0 Å². The quantitative estimate of drug-likeness (QED) is 0.759. The molecule has 0 bridgehead atoms. The smallest absolute Gasteiger partial charge is 0.231 e. The lowest BCUT2D eigenvalue weighted by Gasteiger charge is -2.11. The molecule has 3 rings (SSSR count). The SMILES string of the molecule is OC(C1=NCCN1)c1ccc2c(c1)OCO2. The summed E-state index contributed by atoms with van der Waals surface area (Å²) in [5, 5.41) is 13.1. The van der Waals surface area contributed by atoms with Crippen molar-refractivity contribution in [2.45, 2.75) is 6.10 Å². The zero-order valence-corrected chi connectivity index (χ0v) is 8.64. The van der Waals surface area contributed by atoms with Crippen LogP contribution < -0.4 is 14.8 Å². The van der Waals surface area contributed by atoms with Gasteiger partial charge in [-0.05, 0) is 17.7 Å². The van der Waals surface area contributed by atoms with E-state index in [1.807, 2.05) is 6.07 Å². The minimum absolute atomic E-state index is 0.244. The summed E-state index contributed by atoms with van der Waals surface area (Å²) in [4.78, 5) is 4.19. The number of fused-ring (bicyclic) bond motifs is 1. The van der Waals surface area contributed by atoms with Gasteiger partial charge in [-0.2, -0.15) is 0 Å². The number of amidine groups is 1. The number of benzene rings is 1. The Balaban J connectivity index is 1.89. The number of rotatable bonds is 2. The van der Waals surface area contributed by atoms with Crippen molar-refractivity contribution in [3.63, 3.8) is 0 Å². The molecule has 1 aromatic rings. The standard InChI is InChI=1S/C11H12N2O3/c14-10(11-12-3-4-13-11)7-1-2-8-9(5-7)16-6-15-8/h1-2,5,10,14H,3-4,6H2,(H,12,13). The molecule has 84 valence electrons. The minimum atomic E-state index is -0.711. The first-order valence-corrected chi connectivity index (χ1v) is 5.20. The molecule has 2 aliphatic heterocycles. The first-order chi connectivity index (χ1) is 7.84. The molecule has 5 heteroatoms. The Morgan fingerprint density at radius 3 is 3.00 bits per heavy atom. The summed E-state index contributed by atoms with van der Waals surface area (Å²) in [6.07, 6.45) is -0.711. The number of nitrogens with zero attached hydrogens (tertiary/aromatic N) is 1. The van der Waals surface area contributed by atoms with E-state index in [0.717, 1.165) is 24.4 Å². The molecule has 2 N–H and O–H groups in total. The Labute approximate surface area is 92.7 Å². The zero-order chi connectivity index (χ0) is 11.0. The fourth-order valence-electron chi connectivity index (χ4n) is 1.84. The summed E-state index contributed by atoms with van der Waals surface area (Å²) in [5.41, 5.74) is 0.761. The maximum atomic E-state index is 10.1. The van der Waals surface area contributed by atoms with Crippen molar-refractivity contribution in [2.75, 3.05) is 19.9 Å². The van der Waals surface area contributed by atoms with Crippen molar-refractivity contribution in [3.8, 4) is 11.5 Å². The molecule has 0 saturated carbocycles. The van der Waals surface area contributed by atoms with Gasteiger partial charge in [-0.1, -0.05) is 6.07 Å². The third-order valence-corrected chi connectivity index (χ3v) is 2.67. The summed E-state index contributed by atoms with van der Waals surface area (Å²) in [5.74, 6) is 2.02. The highest BCUT2D eigenvalue weighted by atomic mass is 16.7. The van der Waals surface area contributed by atoms with E-state index in [9.17, 15) is 5.11 Å². The van der Waals surface area contributed by atoms with Crippen molar-refractivity contribution in [1.29, 1.82) is 0 Å². The fourth-order valence-corrected chi connectivity index (χ4v) is 1.84. The van der Waals surface area contributed by atoms with E-state index in [1.165, 1.54) is 0 Å².